The van der Waals surface area contributed by atoms with E-state index in [9.17, 15) is 13.2 Å². The van der Waals surface area contributed by atoms with Crippen LogP contribution in [0, 0.1) is 17.2 Å². The molecule has 1 saturated heterocycles. The number of carbonyl (C=O) groups is 1. The lowest BCUT2D eigenvalue weighted by molar-refractivity contribution is -0.119. The molecule has 2 aromatic heterocycles. The van der Waals surface area contributed by atoms with Crippen LogP contribution in [0.25, 0.3) is 10.3 Å². The smallest absolute Gasteiger partial charge is 0.233 e. The maximum atomic E-state index is 13.9. The zero-order valence-corrected chi connectivity index (χ0v) is 28.9. The summed E-state index contributed by atoms with van der Waals surface area (Å²) in [5, 5.41) is 11.4. The lowest BCUT2D eigenvalue weighted by Crippen LogP contribution is -2.40. The highest BCUT2D eigenvalue weighted by molar-refractivity contribution is 7.90. The fourth-order valence-corrected chi connectivity index (χ4v) is 9.21. The molecule has 0 spiro atoms. The molecule has 1 amide bonds. The van der Waals surface area contributed by atoms with E-state index in [-0.39, 0.29) is 5.91 Å². The Morgan fingerprint density at radius 3 is 2.79 bits per heavy atom. The van der Waals surface area contributed by atoms with Crippen molar-refractivity contribution in [3.05, 3.63) is 72.0 Å². The number of aliphatic imine (C=N–C) groups is 1. The molecule has 2 unspecified atom stereocenters. The van der Waals surface area contributed by atoms with E-state index >= 15 is 0 Å². The zero-order chi connectivity index (χ0) is 33.5. The molecule has 13 heteroatoms. The van der Waals surface area contributed by atoms with Crippen molar-refractivity contribution in [2.45, 2.75) is 56.6 Å². The fraction of sp³-hybridized carbons (Fsp3) is 0.457. The first-order valence-electron chi connectivity index (χ1n) is 16.7. The molecule has 2 atom stereocenters. The van der Waals surface area contributed by atoms with Crippen molar-refractivity contribution in [2.75, 3.05) is 38.6 Å². The zero-order valence-electron chi connectivity index (χ0n) is 27.3. The van der Waals surface area contributed by atoms with Gasteiger partial charge >= 0.3 is 0 Å². The van der Waals surface area contributed by atoms with Crippen molar-refractivity contribution >= 4 is 54.8 Å². The number of hydrogen-bond donors (Lipinski definition) is 2. The number of fused-ring (bicyclic) bond motifs is 1. The van der Waals surface area contributed by atoms with Gasteiger partial charge in [-0.25, -0.2) is 18.4 Å². The Bertz CT molecular complexity index is 1800. The number of methoxy groups -OCH3 is 1. The number of thiazole rings is 1. The minimum Gasteiger partial charge on any atom is -0.481 e. The average Bonchev–Trinajstić information content (AvgIpc) is 3.42. The number of allylic oxidation sites excluding steroid dienone is 5. The van der Waals surface area contributed by atoms with Crippen LogP contribution in [0.4, 0.5) is 5.13 Å². The Kier molecular flexibility index (Phi) is 11.0. The lowest BCUT2D eigenvalue weighted by atomic mass is 9.86. The van der Waals surface area contributed by atoms with Gasteiger partial charge in [0, 0.05) is 51.1 Å². The number of ether oxygens (including phenoxy) is 1. The molecule has 254 valence electrons. The summed E-state index contributed by atoms with van der Waals surface area (Å²) in [4.78, 5) is 29.7. The Morgan fingerprint density at radius 2 is 1.96 bits per heavy atom. The second-order valence-electron chi connectivity index (χ2n) is 12.6. The SMILES string of the molecule is COc1ccc2nc(NC(=O)C(CC3CCCC3)C3=CC=CC(S(=O)(=O)N4CCCN(C(=N)CC5=CC=NC=CC5)CC4)C=C3)sc2n1. The van der Waals surface area contributed by atoms with Gasteiger partial charge in [0.15, 0.2) is 5.13 Å². The molecule has 2 N–H and O–H groups in total. The number of amides is 1. The van der Waals surface area contributed by atoms with E-state index in [4.69, 9.17) is 10.1 Å². The van der Waals surface area contributed by atoms with E-state index in [1.165, 1.54) is 11.3 Å². The Morgan fingerprint density at radius 1 is 1.10 bits per heavy atom. The second-order valence-corrected chi connectivity index (χ2v) is 15.7. The molecule has 4 heterocycles. The van der Waals surface area contributed by atoms with Crippen LogP contribution in [0.5, 0.6) is 5.88 Å². The summed E-state index contributed by atoms with van der Waals surface area (Å²) in [6.07, 6.45) is 23.5. The van der Waals surface area contributed by atoms with E-state index in [2.05, 4.69) is 20.3 Å². The van der Waals surface area contributed by atoms with Crippen LogP contribution in [0.3, 0.4) is 0 Å². The van der Waals surface area contributed by atoms with Crippen molar-refractivity contribution in [3.8, 4) is 5.88 Å². The number of aromatic nitrogens is 2. The van der Waals surface area contributed by atoms with Crippen LogP contribution in [-0.4, -0.2) is 84.1 Å². The molecule has 0 aromatic carbocycles. The minimum atomic E-state index is -3.71. The van der Waals surface area contributed by atoms with E-state index in [1.54, 1.807) is 48.1 Å². The van der Waals surface area contributed by atoms with Gasteiger partial charge in [-0.2, -0.15) is 4.31 Å². The third-order valence-corrected chi connectivity index (χ3v) is 12.4. The van der Waals surface area contributed by atoms with Gasteiger partial charge in [0.1, 0.15) is 15.6 Å². The third kappa shape index (κ3) is 8.19. The summed E-state index contributed by atoms with van der Waals surface area (Å²) >= 11 is 1.30. The van der Waals surface area contributed by atoms with Crippen molar-refractivity contribution in [2.24, 2.45) is 16.8 Å². The fourth-order valence-electron chi connectivity index (χ4n) is 6.75. The lowest BCUT2D eigenvalue weighted by Gasteiger charge is -2.25. The van der Waals surface area contributed by atoms with Gasteiger partial charge in [-0.15, -0.1) is 0 Å². The molecule has 11 nitrogen and oxygen atoms in total. The molecular weight excluding hydrogens is 647 g/mol. The first-order chi connectivity index (χ1) is 23.3. The summed E-state index contributed by atoms with van der Waals surface area (Å²) in [6, 6.07) is 3.56. The highest BCUT2D eigenvalue weighted by atomic mass is 32.2. The number of anilines is 1. The van der Waals surface area contributed by atoms with Crippen LogP contribution in [-0.2, 0) is 14.8 Å². The molecule has 1 saturated carbocycles. The van der Waals surface area contributed by atoms with Gasteiger partial charge in [0.05, 0.1) is 18.9 Å². The Hall–Kier alpha value is -3.94. The number of hydrogen-bond acceptors (Lipinski definition) is 9. The van der Waals surface area contributed by atoms with Crippen LogP contribution in [0.15, 0.2) is 77.0 Å². The van der Waals surface area contributed by atoms with Gasteiger partial charge in [0.2, 0.25) is 21.8 Å². The highest BCUT2D eigenvalue weighted by Crippen LogP contribution is 2.35. The number of nitrogens with one attached hydrogen (secondary N) is 2. The van der Waals surface area contributed by atoms with E-state index in [0.29, 0.717) is 78.6 Å². The number of pyridine rings is 1. The van der Waals surface area contributed by atoms with Gasteiger partial charge in [-0.05, 0) is 42.9 Å². The first kappa shape index (κ1) is 33.9. The van der Waals surface area contributed by atoms with Gasteiger partial charge < -0.3 is 15.0 Å². The molecule has 2 fully saturated rings. The highest BCUT2D eigenvalue weighted by Gasteiger charge is 2.33. The molecule has 2 aromatic rings. The van der Waals surface area contributed by atoms with E-state index in [0.717, 1.165) is 43.3 Å². The Balaban J connectivity index is 1.13. The quantitative estimate of drug-likeness (QED) is 0.235. The maximum Gasteiger partial charge on any atom is 0.233 e. The number of nitrogens with zero attached hydrogens (tertiary/aromatic N) is 5. The van der Waals surface area contributed by atoms with Crippen molar-refractivity contribution in [1.82, 2.24) is 19.2 Å². The summed E-state index contributed by atoms with van der Waals surface area (Å²) in [7, 11) is -2.15. The van der Waals surface area contributed by atoms with Crippen molar-refractivity contribution in [1.29, 1.82) is 5.41 Å². The number of amidine groups is 1. The summed E-state index contributed by atoms with van der Waals surface area (Å²) < 4.78 is 34.7. The first-order valence-corrected chi connectivity index (χ1v) is 19.0. The van der Waals surface area contributed by atoms with Gasteiger partial charge in [-0.3, -0.25) is 15.2 Å². The molecule has 2 aliphatic heterocycles. The van der Waals surface area contributed by atoms with Crippen LogP contribution < -0.4 is 10.1 Å². The predicted molar refractivity (Wildman–Crippen MR) is 192 cm³/mol. The number of rotatable bonds is 10. The van der Waals surface area contributed by atoms with Crippen LogP contribution >= 0.6 is 11.3 Å². The van der Waals surface area contributed by atoms with E-state index < -0.39 is 21.2 Å². The second kappa shape index (κ2) is 15.5. The van der Waals surface area contributed by atoms with Crippen LogP contribution in [0.2, 0.25) is 0 Å². The van der Waals surface area contributed by atoms with Gasteiger partial charge in [0.25, 0.3) is 0 Å². The molecule has 6 rings (SSSR count). The molecule has 48 heavy (non-hydrogen) atoms. The normalized spacial score (nSPS) is 21.4. The summed E-state index contributed by atoms with van der Waals surface area (Å²) in [5.74, 6) is 0.817. The topological polar surface area (TPSA) is 141 Å². The monoisotopic (exact) mass is 689 g/mol. The molecule has 0 radical (unpaired) electrons. The minimum absolute atomic E-state index is 0.156. The number of carbonyl (C=O) groups excluding carboxylic acids is 1. The Labute approximate surface area is 286 Å². The van der Waals surface area contributed by atoms with Crippen LogP contribution in [0.1, 0.15) is 51.4 Å². The van der Waals surface area contributed by atoms with E-state index in [1.807, 2.05) is 35.3 Å². The largest absolute Gasteiger partial charge is 0.481 e. The molecule has 2 aliphatic carbocycles. The molecular formula is C35H43N7O4S2. The number of sulfonamides is 1. The molecule has 0 bridgehead atoms. The van der Waals surface area contributed by atoms with Gasteiger partial charge in [-0.1, -0.05) is 79.0 Å². The standard InChI is InChI=1S/C35H43N7O4S2/c1-46-32-15-14-30-34(39-32)47-35(38-30)40-33(43)29(23-25-7-2-3-8-25)27-10-4-11-28(13-12-27)48(44,45)42-20-6-19-41(21-22-42)31(36)24-26-9-5-17-37-18-16-26/h4-5,10-18,25,28-29,36H,2-3,6-9,19-24H2,1H3,(H,38,40,43). The predicted octanol–water partition coefficient (Wildman–Crippen LogP) is 5.88. The third-order valence-electron chi connectivity index (χ3n) is 9.40. The maximum absolute atomic E-state index is 13.9. The summed E-state index contributed by atoms with van der Waals surface area (Å²) in [5.41, 5.74) is 2.59. The summed E-state index contributed by atoms with van der Waals surface area (Å²) in [6.45, 7) is 1.83. The average molecular weight is 690 g/mol. The van der Waals surface area contributed by atoms with Crippen molar-refractivity contribution in [3.63, 3.8) is 0 Å². The van der Waals surface area contributed by atoms with Crippen molar-refractivity contribution < 1.29 is 17.9 Å². The molecule has 4 aliphatic rings.